The predicted molar refractivity (Wildman–Crippen MR) is 59.8 cm³/mol. The molecule has 1 aromatic heterocycles. The summed E-state index contributed by atoms with van der Waals surface area (Å²) in [5.41, 5.74) is 1.84. The Morgan fingerprint density at radius 3 is 2.85 bits per heavy atom. The maximum atomic E-state index is 11.5. The lowest BCUT2D eigenvalue weighted by Gasteiger charge is -2.05. The van der Waals surface area contributed by atoms with Crippen molar-refractivity contribution in [1.29, 1.82) is 0 Å². The largest absolute Gasteiger partial charge is 0.351 e. The van der Waals surface area contributed by atoms with E-state index in [0.29, 0.717) is 11.4 Å². The molecule has 1 rings (SSSR count). The fourth-order valence-corrected chi connectivity index (χ4v) is 1.91. The van der Waals surface area contributed by atoms with Gasteiger partial charge in [-0.2, -0.15) is 11.3 Å². The van der Waals surface area contributed by atoms with E-state index >= 15 is 0 Å². The number of nitrogens with one attached hydrogen (secondary N) is 1. The van der Waals surface area contributed by atoms with Gasteiger partial charge in [0.1, 0.15) is 0 Å². The quantitative estimate of drug-likeness (QED) is 0.833. The van der Waals surface area contributed by atoms with Crippen LogP contribution in [0.1, 0.15) is 22.8 Å². The standard InChI is InChI=1S/C9H12BrNOS/c1-6-4-13-5-8(6)9(12)11-3-7(2)10/h4-5,7H,3H2,1-2H3,(H,11,12). The summed E-state index contributed by atoms with van der Waals surface area (Å²) in [6, 6.07) is 0. The Balaban J connectivity index is 2.54. The summed E-state index contributed by atoms with van der Waals surface area (Å²) in [7, 11) is 0. The van der Waals surface area contributed by atoms with Crippen LogP contribution in [0.4, 0.5) is 0 Å². The van der Waals surface area contributed by atoms with Crippen molar-refractivity contribution >= 4 is 33.2 Å². The van der Waals surface area contributed by atoms with Crippen molar-refractivity contribution in [2.75, 3.05) is 6.54 Å². The molecule has 72 valence electrons. The Bertz CT molecular complexity index is 296. The van der Waals surface area contributed by atoms with Gasteiger partial charge in [0, 0.05) is 16.8 Å². The molecule has 0 radical (unpaired) electrons. The summed E-state index contributed by atoms with van der Waals surface area (Å²) < 4.78 is 0. The van der Waals surface area contributed by atoms with Crippen LogP contribution in [0.5, 0.6) is 0 Å². The number of halogens is 1. The molecule has 0 fully saturated rings. The maximum Gasteiger partial charge on any atom is 0.252 e. The number of hydrogen-bond acceptors (Lipinski definition) is 2. The number of hydrogen-bond donors (Lipinski definition) is 1. The molecule has 1 amide bonds. The van der Waals surface area contributed by atoms with Crippen LogP contribution in [-0.2, 0) is 0 Å². The number of amides is 1. The summed E-state index contributed by atoms with van der Waals surface area (Å²) >= 11 is 4.93. The molecular formula is C9H12BrNOS. The number of thiophene rings is 1. The maximum absolute atomic E-state index is 11.5. The second-order valence-electron chi connectivity index (χ2n) is 2.96. The first-order valence-electron chi connectivity index (χ1n) is 4.06. The summed E-state index contributed by atoms with van der Waals surface area (Å²) in [6.45, 7) is 4.61. The van der Waals surface area contributed by atoms with Gasteiger partial charge in [-0.1, -0.05) is 22.9 Å². The molecule has 0 bridgehead atoms. The average molecular weight is 262 g/mol. The lowest BCUT2D eigenvalue weighted by Crippen LogP contribution is -2.28. The highest BCUT2D eigenvalue weighted by Crippen LogP contribution is 2.13. The molecule has 0 aromatic carbocycles. The SMILES string of the molecule is Cc1cscc1C(=O)NCC(C)Br. The first-order valence-corrected chi connectivity index (χ1v) is 5.92. The third-order valence-corrected chi connectivity index (χ3v) is 2.83. The smallest absolute Gasteiger partial charge is 0.252 e. The highest BCUT2D eigenvalue weighted by atomic mass is 79.9. The minimum Gasteiger partial charge on any atom is -0.351 e. The molecule has 0 saturated carbocycles. The molecule has 1 atom stereocenters. The van der Waals surface area contributed by atoms with Crippen LogP contribution in [0.25, 0.3) is 0 Å². The van der Waals surface area contributed by atoms with Crippen LogP contribution in [0.2, 0.25) is 0 Å². The van der Waals surface area contributed by atoms with Gasteiger partial charge in [-0.15, -0.1) is 0 Å². The topological polar surface area (TPSA) is 29.1 Å². The van der Waals surface area contributed by atoms with Crippen LogP contribution >= 0.6 is 27.3 Å². The molecule has 1 heterocycles. The lowest BCUT2D eigenvalue weighted by molar-refractivity contribution is 0.0954. The van der Waals surface area contributed by atoms with E-state index in [1.165, 1.54) is 0 Å². The Hall–Kier alpha value is -0.350. The highest BCUT2D eigenvalue weighted by molar-refractivity contribution is 9.09. The van der Waals surface area contributed by atoms with Gasteiger partial charge < -0.3 is 5.32 Å². The van der Waals surface area contributed by atoms with Crippen molar-refractivity contribution in [2.45, 2.75) is 18.7 Å². The van der Waals surface area contributed by atoms with E-state index in [1.807, 2.05) is 24.6 Å². The molecule has 0 saturated heterocycles. The van der Waals surface area contributed by atoms with Gasteiger partial charge in [0.15, 0.2) is 0 Å². The van der Waals surface area contributed by atoms with Crippen LogP contribution in [0, 0.1) is 6.92 Å². The fourth-order valence-electron chi connectivity index (χ4n) is 0.922. The van der Waals surface area contributed by atoms with Crippen molar-refractivity contribution in [1.82, 2.24) is 5.32 Å². The van der Waals surface area contributed by atoms with Gasteiger partial charge in [0.2, 0.25) is 0 Å². The van der Waals surface area contributed by atoms with E-state index in [-0.39, 0.29) is 5.91 Å². The minimum atomic E-state index is 0.0186. The molecule has 0 spiro atoms. The number of carbonyl (C=O) groups is 1. The molecule has 13 heavy (non-hydrogen) atoms. The van der Waals surface area contributed by atoms with Crippen molar-refractivity contribution in [3.8, 4) is 0 Å². The van der Waals surface area contributed by atoms with Crippen LogP contribution in [-0.4, -0.2) is 17.3 Å². The van der Waals surface area contributed by atoms with E-state index < -0.39 is 0 Å². The highest BCUT2D eigenvalue weighted by Gasteiger charge is 2.09. The Kier molecular flexibility index (Phi) is 3.93. The number of aryl methyl sites for hydroxylation is 1. The van der Waals surface area contributed by atoms with Gasteiger partial charge >= 0.3 is 0 Å². The first kappa shape index (κ1) is 10.7. The molecule has 1 aromatic rings. The molecule has 0 aliphatic heterocycles. The van der Waals surface area contributed by atoms with E-state index in [9.17, 15) is 4.79 Å². The normalized spacial score (nSPS) is 12.5. The van der Waals surface area contributed by atoms with Gasteiger partial charge in [-0.05, 0) is 17.9 Å². The summed E-state index contributed by atoms with van der Waals surface area (Å²) in [5, 5.41) is 6.70. The molecule has 2 nitrogen and oxygen atoms in total. The van der Waals surface area contributed by atoms with Crippen molar-refractivity contribution < 1.29 is 4.79 Å². The number of carbonyl (C=O) groups excluding carboxylic acids is 1. The van der Waals surface area contributed by atoms with Crippen LogP contribution in [0.15, 0.2) is 10.8 Å². The zero-order chi connectivity index (χ0) is 9.84. The Labute approximate surface area is 90.5 Å². The summed E-state index contributed by atoms with van der Waals surface area (Å²) in [6.07, 6.45) is 0. The van der Waals surface area contributed by atoms with Crippen LogP contribution in [0.3, 0.4) is 0 Å². The van der Waals surface area contributed by atoms with E-state index in [2.05, 4.69) is 21.2 Å². The van der Waals surface area contributed by atoms with Crippen molar-refractivity contribution in [3.63, 3.8) is 0 Å². The first-order chi connectivity index (χ1) is 6.11. The Morgan fingerprint density at radius 2 is 2.38 bits per heavy atom. The molecule has 0 aliphatic rings. The van der Waals surface area contributed by atoms with E-state index in [1.54, 1.807) is 11.3 Å². The monoisotopic (exact) mass is 261 g/mol. The van der Waals surface area contributed by atoms with Crippen molar-refractivity contribution in [2.24, 2.45) is 0 Å². The molecule has 4 heteroatoms. The molecule has 1 unspecified atom stereocenters. The lowest BCUT2D eigenvalue weighted by atomic mass is 10.2. The van der Waals surface area contributed by atoms with E-state index in [0.717, 1.165) is 11.1 Å². The number of rotatable bonds is 3. The van der Waals surface area contributed by atoms with Gasteiger partial charge in [0.05, 0.1) is 5.56 Å². The summed E-state index contributed by atoms with van der Waals surface area (Å²) in [5.74, 6) is 0.0186. The van der Waals surface area contributed by atoms with E-state index in [4.69, 9.17) is 0 Å². The molecule has 1 N–H and O–H groups in total. The third kappa shape index (κ3) is 3.12. The van der Waals surface area contributed by atoms with Gasteiger partial charge in [0.25, 0.3) is 5.91 Å². The molecular weight excluding hydrogens is 250 g/mol. The predicted octanol–water partition coefficient (Wildman–Crippen LogP) is 2.57. The van der Waals surface area contributed by atoms with Gasteiger partial charge in [-0.25, -0.2) is 0 Å². The molecule has 0 aliphatic carbocycles. The zero-order valence-electron chi connectivity index (χ0n) is 7.63. The van der Waals surface area contributed by atoms with Crippen molar-refractivity contribution in [3.05, 3.63) is 21.9 Å². The Morgan fingerprint density at radius 1 is 1.69 bits per heavy atom. The summed E-state index contributed by atoms with van der Waals surface area (Å²) in [4.78, 5) is 11.8. The minimum absolute atomic E-state index is 0.0186. The zero-order valence-corrected chi connectivity index (χ0v) is 10.0. The second kappa shape index (κ2) is 4.77. The van der Waals surface area contributed by atoms with Crippen LogP contribution < -0.4 is 5.32 Å². The fraction of sp³-hybridized carbons (Fsp3) is 0.444. The third-order valence-electron chi connectivity index (χ3n) is 1.64. The number of alkyl halides is 1. The average Bonchev–Trinajstić information content (AvgIpc) is 2.47. The second-order valence-corrected chi connectivity index (χ2v) is 5.27. The van der Waals surface area contributed by atoms with Gasteiger partial charge in [-0.3, -0.25) is 4.79 Å².